The van der Waals surface area contributed by atoms with Crippen LogP contribution < -0.4 is 0 Å². The Hall–Kier alpha value is -7.89. The van der Waals surface area contributed by atoms with Crippen molar-refractivity contribution in [1.29, 1.82) is 0 Å². The number of benzene rings is 8. The highest BCUT2D eigenvalue weighted by atomic mass is 16.3. The van der Waals surface area contributed by atoms with Crippen LogP contribution in [0.4, 0.5) is 0 Å². The molecule has 4 heterocycles. The average molecular weight is 741 g/mol. The second-order valence-electron chi connectivity index (χ2n) is 14.8. The van der Waals surface area contributed by atoms with Crippen LogP contribution in [-0.4, -0.2) is 19.5 Å². The molecular weight excluding hydrogens is 709 g/mol. The second kappa shape index (κ2) is 12.8. The van der Waals surface area contributed by atoms with Crippen molar-refractivity contribution in [3.63, 3.8) is 0 Å². The van der Waals surface area contributed by atoms with Gasteiger partial charge in [0.1, 0.15) is 11.3 Å². The molecule has 0 aliphatic heterocycles. The van der Waals surface area contributed by atoms with Crippen molar-refractivity contribution >= 4 is 65.4 Å². The Labute approximate surface area is 333 Å². The van der Waals surface area contributed by atoms with Gasteiger partial charge in [0.05, 0.1) is 27.9 Å². The van der Waals surface area contributed by atoms with E-state index in [1.807, 2.05) is 30.3 Å². The number of hydrogen-bond donors (Lipinski definition) is 0. The zero-order valence-corrected chi connectivity index (χ0v) is 31.2. The van der Waals surface area contributed by atoms with Crippen LogP contribution in [0.2, 0.25) is 0 Å². The summed E-state index contributed by atoms with van der Waals surface area (Å²) in [7, 11) is 0. The van der Waals surface area contributed by atoms with Crippen molar-refractivity contribution in [2.75, 3.05) is 0 Å². The Bertz CT molecular complexity index is 3530. The van der Waals surface area contributed by atoms with Gasteiger partial charge in [-0.15, -0.1) is 0 Å². The first-order chi connectivity index (χ1) is 28.7. The first-order valence-electron chi connectivity index (χ1n) is 19.5. The molecule has 0 N–H and O–H groups in total. The highest BCUT2D eigenvalue weighted by Gasteiger charge is 2.20. The van der Waals surface area contributed by atoms with Crippen molar-refractivity contribution in [2.24, 2.45) is 0 Å². The third-order valence-electron chi connectivity index (χ3n) is 11.4. The van der Waals surface area contributed by atoms with E-state index in [-0.39, 0.29) is 0 Å². The lowest BCUT2D eigenvalue weighted by Gasteiger charge is -2.13. The molecule has 58 heavy (non-hydrogen) atoms. The van der Waals surface area contributed by atoms with Gasteiger partial charge < -0.3 is 8.98 Å². The van der Waals surface area contributed by atoms with Crippen LogP contribution in [0.3, 0.4) is 0 Å². The first-order valence-corrected chi connectivity index (χ1v) is 19.5. The third-order valence-corrected chi connectivity index (χ3v) is 11.4. The normalized spacial score (nSPS) is 11.8. The molecule has 0 fully saturated rings. The SMILES string of the molecule is c1ccc(-c2nc(-c3cccc(-c4nc5c6ccccc6ccc5c5c4oc4ccccc45)c3)cc(-c3cccc(-n4c5ccccc5c5ccccc54)c3)n2)cc1. The molecule has 12 rings (SSSR count). The molecule has 5 heteroatoms. The second-order valence-corrected chi connectivity index (χ2v) is 14.8. The highest BCUT2D eigenvalue weighted by molar-refractivity contribution is 6.24. The Kier molecular flexibility index (Phi) is 7.16. The molecule has 0 bridgehead atoms. The smallest absolute Gasteiger partial charge is 0.162 e. The quantitative estimate of drug-likeness (QED) is 0.165. The van der Waals surface area contributed by atoms with Gasteiger partial charge in [0.25, 0.3) is 0 Å². The Morgan fingerprint density at radius 2 is 1.00 bits per heavy atom. The van der Waals surface area contributed by atoms with Gasteiger partial charge in [-0.3, -0.25) is 0 Å². The van der Waals surface area contributed by atoms with E-state index in [2.05, 4.69) is 168 Å². The number of pyridine rings is 1. The van der Waals surface area contributed by atoms with E-state index in [0.717, 1.165) is 88.6 Å². The van der Waals surface area contributed by atoms with E-state index in [1.165, 1.54) is 21.8 Å². The number of aromatic nitrogens is 4. The zero-order chi connectivity index (χ0) is 38.2. The minimum absolute atomic E-state index is 0.663. The molecule has 0 aliphatic carbocycles. The molecule has 270 valence electrons. The lowest BCUT2D eigenvalue weighted by molar-refractivity contribution is 0.669. The predicted octanol–water partition coefficient (Wildman–Crippen LogP) is 13.8. The van der Waals surface area contributed by atoms with E-state index in [9.17, 15) is 0 Å². The molecule has 0 amide bonds. The summed E-state index contributed by atoms with van der Waals surface area (Å²) in [5.74, 6) is 0.663. The number of rotatable bonds is 5. The lowest BCUT2D eigenvalue weighted by atomic mass is 9.98. The van der Waals surface area contributed by atoms with E-state index in [0.29, 0.717) is 5.82 Å². The van der Waals surface area contributed by atoms with Gasteiger partial charge in [-0.25, -0.2) is 15.0 Å². The average Bonchev–Trinajstić information content (AvgIpc) is 3.86. The van der Waals surface area contributed by atoms with Crippen molar-refractivity contribution in [2.45, 2.75) is 0 Å². The summed E-state index contributed by atoms with van der Waals surface area (Å²) in [5.41, 5.74) is 12.3. The van der Waals surface area contributed by atoms with Gasteiger partial charge in [-0.05, 0) is 47.9 Å². The van der Waals surface area contributed by atoms with E-state index < -0.39 is 0 Å². The molecule has 0 atom stereocenters. The number of para-hydroxylation sites is 3. The van der Waals surface area contributed by atoms with E-state index in [4.69, 9.17) is 19.4 Å². The topological polar surface area (TPSA) is 56.7 Å². The zero-order valence-electron chi connectivity index (χ0n) is 31.2. The number of fused-ring (bicyclic) bond motifs is 10. The monoisotopic (exact) mass is 740 g/mol. The van der Waals surface area contributed by atoms with Gasteiger partial charge >= 0.3 is 0 Å². The molecule has 0 saturated carbocycles. The minimum atomic E-state index is 0.663. The summed E-state index contributed by atoms with van der Waals surface area (Å²) >= 11 is 0. The minimum Gasteiger partial charge on any atom is -0.454 e. The fourth-order valence-electron chi connectivity index (χ4n) is 8.71. The van der Waals surface area contributed by atoms with Crippen molar-refractivity contribution in [3.05, 3.63) is 194 Å². The number of hydrogen-bond acceptors (Lipinski definition) is 4. The lowest BCUT2D eigenvalue weighted by Crippen LogP contribution is -1.98. The summed E-state index contributed by atoms with van der Waals surface area (Å²) in [5, 5.41) is 7.95. The highest BCUT2D eigenvalue weighted by Crippen LogP contribution is 2.42. The van der Waals surface area contributed by atoms with Gasteiger partial charge in [0, 0.05) is 60.3 Å². The molecule has 5 nitrogen and oxygen atoms in total. The molecular formula is C53H32N4O. The maximum atomic E-state index is 6.66. The van der Waals surface area contributed by atoms with Gasteiger partial charge in [-0.1, -0.05) is 152 Å². The van der Waals surface area contributed by atoms with Crippen LogP contribution in [0.5, 0.6) is 0 Å². The predicted molar refractivity (Wildman–Crippen MR) is 238 cm³/mol. The molecule has 4 aromatic heterocycles. The van der Waals surface area contributed by atoms with Crippen LogP contribution in [0.1, 0.15) is 0 Å². The molecule has 0 radical (unpaired) electrons. The Morgan fingerprint density at radius 3 is 1.78 bits per heavy atom. The fraction of sp³-hybridized carbons (Fsp3) is 0. The Morgan fingerprint density at radius 1 is 0.397 bits per heavy atom. The van der Waals surface area contributed by atoms with Crippen molar-refractivity contribution in [3.8, 4) is 50.8 Å². The molecule has 8 aromatic carbocycles. The van der Waals surface area contributed by atoms with Gasteiger partial charge in [0.15, 0.2) is 11.4 Å². The first kappa shape index (κ1) is 32.4. The summed E-state index contributed by atoms with van der Waals surface area (Å²) in [6.45, 7) is 0. The maximum absolute atomic E-state index is 6.66. The summed E-state index contributed by atoms with van der Waals surface area (Å²) in [6, 6.07) is 67.7. The number of nitrogens with zero attached hydrogens (tertiary/aromatic N) is 4. The summed E-state index contributed by atoms with van der Waals surface area (Å²) in [6.07, 6.45) is 0. The van der Waals surface area contributed by atoms with Crippen LogP contribution in [0, 0.1) is 0 Å². The Balaban J connectivity index is 1.05. The van der Waals surface area contributed by atoms with Crippen molar-refractivity contribution < 1.29 is 4.42 Å². The van der Waals surface area contributed by atoms with Gasteiger partial charge in [0.2, 0.25) is 0 Å². The molecule has 0 spiro atoms. The fourth-order valence-corrected chi connectivity index (χ4v) is 8.71. The van der Waals surface area contributed by atoms with Crippen LogP contribution in [-0.2, 0) is 0 Å². The standard InChI is InChI=1S/C53H32N4O/c1-2-15-34(16-3-1)53-54-44(32-45(55-53)36-18-13-20-38(31-36)57-46-25-9-6-22-40(46)41-23-7-10-26-47(41)57)35-17-12-19-37(30-35)50-52-49(42-24-8-11-27-48(42)58-52)43-29-28-33-14-4-5-21-39(33)51(43)56-50/h1-32H. The third kappa shape index (κ3) is 5.07. The van der Waals surface area contributed by atoms with E-state index >= 15 is 0 Å². The largest absolute Gasteiger partial charge is 0.454 e. The number of furan rings is 1. The van der Waals surface area contributed by atoms with Crippen LogP contribution >= 0.6 is 0 Å². The van der Waals surface area contributed by atoms with Gasteiger partial charge in [-0.2, -0.15) is 0 Å². The maximum Gasteiger partial charge on any atom is 0.162 e. The molecule has 0 unspecified atom stereocenters. The van der Waals surface area contributed by atoms with Crippen LogP contribution in [0.25, 0.3) is 116 Å². The molecule has 12 aromatic rings. The van der Waals surface area contributed by atoms with Crippen molar-refractivity contribution in [1.82, 2.24) is 19.5 Å². The molecule has 0 saturated heterocycles. The summed E-state index contributed by atoms with van der Waals surface area (Å²) in [4.78, 5) is 15.8. The summed E-state index contributed by atoms with van der Waals surface area (Å²) < 4.78 is 9.01. The van der Waals surface area contributed by atoms with Crippen LogP contribution in [0.15, 0.2) is 199 Å². The molecule has 0 aliphatic rings. The van der Waals surface area contributed by atoms with E-state index in [1.54, 1.807) is 0 Å².